The Morgan fingerprint density at radius 1 is 1.33 bits per heavy atom. The average Bonchev–Trinajstić information content (AvgIpc) is 2.31. The van der Waals surface area contributed by atoms with Crippen molar-refractivity contribution in [3.05, 3.63) is 29.6 Å². The van der Waals surface area contributed by atoms with Crippen LogP contribution >= 0.6 is 0 Å². The second-order valence-electron chi connectivity index (χ2n) is 4.53. The topological polar surface area (TPSA) is 30.5 Å². The van der Waals surface area contributed by atoms with Gasteiger partial charge >= 0.3 is 0 Å². The van der Waals surface area contributed by atoms with Crippen LogP contribution in [0.5, 0.6) is 5.75 Å². The second kappa shape index (κ2) is 8.06. The van der Waals surface area contributed by atoms with Crippen LogP contribution in [-0.4, -0.2) is 19.9 Å². The zero-order chi connectivity index (χ0) is 13.4. The average molecular weight is 255 g/mol. The number of hydrogen-bond acceptors (Lipinski definition) is 3. The summed E-state index contributed by atoms with van der Waals surface area (Å²) in [5.74, 6) is 0.979. The maximum Gasteiger partial charge on any atom is 0.189 e. The molecule has 0 heterocycles. The Morgan fingerprint density at radius 2 is 2.11 bits per heavy atom. The van der Waals surface area contributed by atoms with Gasteiger partial charge in [0, 0.05) is 18.7 Å². The fraction of sp³-hybridized carbons (Fsp3) is 0.571. The molecule has 0 atom stereocenters. The first kappa shape index (κ1) is 14.9. The van der Waals surface area contributed by atoms with Gasteiger partial charge in [-0.25, -0.2) is 4.39 Å². The van der Waals surface area contributed by atoms with Crippen LogP contribution in [0.3, 0.4) is 0 Å². The summed E-state index contributed by atoms with van der Waals surface area (Å²) in [6.45, 7) is 8.44. The summed E-state index contributed by atoms with van der Waals surface area (Å²) in [5.41, 5.74) is 0.815. The molecular weight excluding hydrogens is 233 g/mol. The van der Waals surface area contributed by atoms with Gasteiger partial charge in [0.1, 0.15) is 11.6 Å². The molecule has 0 unspecified atom stereocenters. The molecule has 102 valence electrons. The second-order valence-corrected chi connectivity index (χ2v) is 4.53. The summed E-state index contributed by atoms with van der Waals surface area (Å²) in [7, 11) is 0. The maximum atomic E-state index is 13.2. The van der Waals surface area contributed by atoms with Gasteiger partial charge in [-0.2, -0.15) is 0 Å². The minimum atomic E-state index is -0.250. The molecule has 3 nitrogen and oxygen atoms in total. The highest BCUT2D eigenvalue weighted by atomic mass is 19.1. The van der Waals surface area contributed by atoms with Gasteiger partial charge in [-0.3, -0.25) is 0 Å². The number of rotatable bonds is 8. The third-order valence-electron chi connectivity index (χ3n) is 2.39. The number of halogens is 1. The van der Waals surface area contributed by atoms with Crippen molar-refractivity contribution in [2.75, 3.05) is 19.9 Å². The van der Waals surface area contributed by atoms with Gasteiger partial charge in [-0.05, 0) is 37.6 Å². The molecule has 1 aromatic carbocycles. The van der Waals surface area contributed by atoms with Crippen molar-refractivity contribution in [1.82, 2.24) is 5.32 Å². The van der Waals surface area contributed by atoms with Gasteiger partial charge < -0.3 is 14.8 Å². The summed E-state index contributed by atoms with van der Waals surface area (Å²) < 4.78 is 23.8. The summed E-state index contributed by atoms with van der Waals surface area (Å²) in [6.07, 6.45) is 0. The van der Waals surface area contributed by atoms with Crippen LogP contribution in [0.1, 0.15) is 26.3 Å². The van der Waals surface area contributed by atoms with Crippen LogP contribution in [-0.2, 0) is 11.3 Å². The highest BCUT2D eigenvalue weighted by molar-refractivity contribution is 5.33. The van der Waals surface area contributed by atoms with Crippen LogP contribution in [0.4, 0.5) is 4.39 Å². The Hall–Kier alpha value is -1.13. The molecule has 1 aromatic rings. The van der Waals surface area contributed by atoms with Crippen molar-refractivity contribution in [3.63, 3.8) is 0 Å². The van der Waals surface area contributed by atoms with E-state index in [-0.39, 0.29) is 12.6 Å². The third kappa shape index (κ3) is 5.47. The number of hydrogen-bond donors (Lipinski definition) is 1. The lowest BCUT2D eigenvalue weighted by atomic mass is 10.1. The molecule has 0 aliphatic carbocycles. The van der Waals surface area contributed by atoms with Crippen LogP contribution in [0.15, 0.2) is 18.2 Å². The van der Waals surface area contributed by atoms with Gasteiger partial charge in [-0.1, -0.05) is 13.8 Å². The quantitative estimate of drug-likeness (QED) is 0.572. The van der Waals surface area contributed by atoms with E-state index in [1.807, 2.05) is 6.92 Å². The van der Waals surface area contributed by atoms with Gasteiger partial charge in [0.25, 0.3) is 0 Å². The zero-order valence-electron chi connectivity index (χ0n) is 11.3. The largest absolute Gasteiger partial charge is 0.467 e. The van der Waals surface area contributed by atoms with Gasteiger partial charge in [-0.15, -0.1) is 0 Å². The highest BCUT2D eigenvalue weighted by Gasteiger charge is 2.06. The van der Waals surface area contributed by atoms with Crippen molar-refractivity contribution in [2.45, 2.75) is 27.3 Å². The van der Waals surface area contributed by atoms with E-state index in [1.54, 1.807) is 6.07 Å². The predicted octanol–water partition coefficient (Wildman–Crippen LogP) is 2.94. The maximum absolute atomic E-state index is 13.2. The zero-order valence-corrected chi connectivity index (χ0v) is 11.3. The fourth-order valence-corrected chi connectivity index (χ4v) is 1.51. The predicted molar refractivity (Wildman–Crippen MR) is 70.1 cm³/mol. The summed E-state index contributed by atoms with van der Waals surface area (Å²) >= 11 is 0. The molecule has 0 fully saturated rings. The number of ether oxygens (including phenoxy) is 2. The smallest absolute Gasteiger partial charge is 0.189 e. The molecule has 0 saturated heterocycles. The molecular formula is C14H22FNO2. The lowest BCUT2D eigenvalue weighted by Gasteiger charge is -2.13. The van der Waals surface area contributed by atoms with Crippen molar-refractivity contribution in [1.29, 1.82) is 0 Å². The van der Waals surface area contributed by atoms with E-state index in [1.165, 1.54) is 12.1 Å². The van der Waals surface area contributed by atoms with E-state index in [0.29, 0.717) is 24.8 Å². The molecule has 0 aliphatic heterocycles. The Bertz CT molecular complexity index is 356. The van der Waals surface area contributed by atoms with Crippen molar-refractivity contribution >= 4 is 0 Å². The Morgan fingerprint density at radius 3 is 2.78 bits per heavy atom. The van der Waals surface area contributed by atoms with Crippen LogP contribution in [0.2, 0.25) is 0 Å². The molecule has 0 aliphatic rings. The van der Waals surface area contributed by atoms with Gasteiger partial charge in [0.15, 0.2) is 6.79 Å². The molecule has 1 rings (SSSR count). The summed E-state index contributed by atoms with van der Waals surface area (Å²) in [4.78, 5) is 0. The summed E-state index contributed by atoms with van der Waals surface area (Å²) in [5, 5.41) is 3.27. The van der Waals surface area contributed by atoms with E-state index in [4.69, 9.17) is 9.47 Å². The minimum Gasteiger partial charge on any atom is -0.467 e. The molecule has 1 N–H and O–H groups in total. The molecule has 0 amide bonds. The number of benzene rings is 1. The molecule has 0 spiro atoms. The first-order valence-corrected chi connectivity index (χ1v) is 6.33. The third-order valence-corrected chi connectivity index (χ3v) is 2.39. The van der Waals surface area contributed by atoms with Crippen LogP contribution in [0.25, 0.3) is 0 Å². The summed E-state index contributed by atoms with van der Waals surface area (Å²) in [6, 6.07) is 4.53. The van der Waals surface area contributed by atoms with Crippen LogP contribution < -0.4 is 10.1 Å². The molecule has 0 radical (unpaired) electrons. The SMILES string of the molecule is CCOCOc1ccc(F)cc1CNCC(C)C. The molecule has 0 saturated carbocycles. The first-order chi connectivity index (χ1) is 8.63. The molecule has 0 bridgehead atoms. The Kier molecular flexibility index (Phi) is 6.68. The lowest BCUT2D eigenvalue weighted by Crippen LogP contribution is -2.19. The van der Waals surface area contributed by atoms with Crippen molar-refractivity contribution in [3.8, 4) is 5.75 Å². The first-order valence-electron chi connectivity index (χ1n) is 6.33. The van der Waals surface area contributed by atoms with Crippen molar-refractivity contribution < 1.29 is 13.9 Å². The lowest BCUT2D eigenvalue weighted by molar-refractivity contribution is 0.0217. The van der Waals surface area contributed by atoms with E-state index in [0.717, 1.165) is 12.1 Å². The molecule has 0 aromatic heterocycles. The van der Waals surface area contributed by atoms with Gasteiger partial charge in [0.2, 0.25) is 0 Å². The van der Waals surface area contributed by atoms with E-state index >= 15 is 0 Å². The monoisotopic (exact) mass is 255 g/mol. The van der Waals surface area contributed by atoms with Crippen molar-refractivity contribution in [2.24, 2.45) is 5.92 Å². The van der Waals surface area contributed by atoms with Gasteiger partial charge in [0.05, 0.1) is 0 Å². The van der Waals surface area contributed by atoms with E-state index in [9.17, 15) is 4.39 Å². The Balaban J connectivity index is 2.58. The molecule has 18 heavy (non-hydrogen) atoms. The highest BCUT2D eigenvalue weighted by Crippen LogP contribution is 2.19. The van der Waals surface area contributed by atoms with Crippen LogP contribution in [0, 0.1) is 11.7 Å². The normalized spacial score (nSPS) is 10.9. The van der Waals surface area contributed by atoms with E-state index < -0.39 is 0 Å². The number of nitrogens with one attached hydrogen (secondary N) is 1. The Labute approximate surface area is 108 Å². The fourth-order valence-electron chi connectivity index (χ4n) is 1.51. The van der Waals surface area contributed by atoms with E-state index in [2.05, 4.69) is 19.2 Å². The molecule has 4 heteroatoms. The standard InChI is InChI=1S/C14H22FNO2/c1-4-17-10-18-14-6-5-13(15)7-12(14)9-16-8-11(2)3/h5-7,11,16H,4,8-10H2,1-3H3. The minimum absolute atomic E-state index is 0.194.